The quantitative estimate of drug-likeness (QED) is 0.726. The van der Waals surface area contributed by atoms with E-state index in [0.717, 1.165) is 0 Å². The first-order chi connectivity index (χ1) is 7.37. The Bertz CT molecular complexity index is 224. The van der Waals surface area contributed by atoms with Crippen molar-refractivity contribution in [3.63, 3.8) is 0 Å². The zero-order valence-corrected chi connectivity index (χ0v) is 12.5. The van der Waals surface area contributed by atoms with Crippen LogP contribution in [-0.4, -0.2) is 33.6 Å². The van der Waals surface area contributed by atoms with Crippen LogP contribution in [0.1, 0.15) is 61.3 Å². The van der Waals surface area contributed by atoms with Gasteiger partial charge in [0.1, 0.15) is 0 Å². The smallest absolute Gasteiger partial charge is 0.0909 e. The highest BCUT2D eigenvalue weighted by Crippen LogP contribution is 2.31. The molecule has 3 heteroatoms. The van der Waals surface area contributed by atoms with E-state index in [4.69, 9.17) is 4.74 Å². The van der Waals surface area contributed by atoms with Crippen molar-refractivity contribution in [1.82, 2.24) is 0 Å². The largest absolute Gasteiger partial charge is 0.390 e. The molecule has 0 saturated heterocycles. The molecule has 0 aromatic carbocycles. The fourth-order valence-corrected chi connectivity index (χ4v) is 1.75. The van der Waals surface area contributed by atoms with Crippen molar-refractivity contribution in [3.8, 4) is 0 Å². The molecule has 2 N–H and O–H groups in total. The van der Waals surface area contributed by atoms with Gasteiger partial charge < -0.3 is 14.9 Å². The van der Waals surface area contributed by atoms with E-state index in [1.807, 2.05) is 20.8 Å². The van der Waals surface area contributed by atoms with Crippen LogP contribution in [0.25, 0.3) is 0 Å². The second kappa shape index (κ2) is 5.68. The van der Waals surface area contributed by atoms with Crippen LogP contribution in [0.5, 0.6) is 0 Å². The monoisotopic (exact) mass is 246 g/mol. The van der Waals surface area contributed by atoms with Crippen molar-refractivity contribution >= 4 is 0 Å². The fraction of sp³-hybridized carbons (Fsp3) is 1.00. The molecule has 104 valence electrons. The summed E-state index contributed by atoms with van der Waals surface area (Å²) in [5.41, 5.74) is -2.19. The van der Waals surface area contributed by atoms with Gasteiger partial charge in [-0.05, 0) is 53.4 Å². The van der Waals surface area contributed by atoms with Gasteiger partial charge in [0.25, 0.3) is 0 Å². The van der Waals surface area contributed by atoms with Crippen molar-refractivity contribution in [2.75, 3.05) is 6.61 Å². The van der Waals surface area contributed by atoms with Crippen molar-refractivity contribution in [1.29, 1.82) is 0 Å². The van der Waals surface area contributed by atoms with Crippen molar-refractivity contribution in [2.24, 2.45) is 5.92 Å². The third kappa shape index (κ3) is 6.39. The maximum absolute atomic E-state index is 10.5. The normalized spacial score (nSPS) is 17.3. The van der Waals surface area contributed by atoms with Crippen molar-refractivity contribution in [3.05, 3.63) is 0 Å². The van der Waals surface area contributed by atoms with Gasteiger partial charge in [0.2, 0.25) is 0 Å². The molecule has 0 rings (SSSR count). The van der Waals surface area contributed by atoms with Crippen LogP contribution in [0.4, 0.5) is 0 Å². The van der Waals surface area contributed by atoms with E-state index in [2.05, 4.69) is 13.8 Å². The van der Waals surface area contributed by atoms with Gasteiger partial charge in [-0.2, -0.15) is 0 Å². The number of hydrogen-bond donors (Lipinski definition) is 2. The Labute approximate surface area is 106 Å². The van der Waals surface area contributed by atoms with Gasteiger partial charge in [-0.25, -0.2) is 0 Å². The molecular formula is C14H30O3. The molecule has 0 aliphatic rings. The summed E-state index contributed by atoms with van der Waals surface area (Å²) in [6.07, 6.45) is 1.26. The first-order valence-electron chi connectivity index (χ1n) is 6.46. The van der Waals surface area contributed by atoms with E-state index in [1.54, 1.807) is 13.8 Å². The molecule has 0 aliphatic heterocycles. The summed E-state index contributed by atoms with van der Waals surface area (Å²) in [5, 5.41) is 20.1. The molecule has 0 bridgehead atoms. The molecule has 0 radical (unpaired) electrons. The van der Waals surface area contributed by atoms with Crippen LogP contribution >= 0.6 is 0 Å². The first-order valence-corrected chi connectivity index (χ1v) is 6.46. The van der Waals surface area contributed by atoms with Gasteiger partial charge in [0.05, 0.1) is 23.4 Å². The fourth-order valence-electron chi connectivity index (χ4n) is 1.75. The topological polar surface area (TPSA) is 49.7 Å². The van der Waals surface area contributed by atoms with Gasteiger partial charge in [0.15, 0.2) is 0 Å². The van der Waals surface area contributed by atoms with Crippen LogP contribution in [0.3, 0.4) is 0 Å². The standard InChI is InChI=1S/C14H30O3/c1-11(2)10-14(7,16)13(5,6)17-9-8-12(3,4)15/h11,15-16H,8-10H2,1-7H3. The minimum Gasteiger partial charge on any atom is -0.390 e. The minimum absolute atomic E-state index is 0.419. The Morgan fingerprint density at radius 2 is 1.47 bits per heavy atom. The van der Waals surface area contributed by atoms with Crippen LogP contribution in [0.2, 0.25) is 0 Å². The third-order valence-corrected chi connectivity index (χ3v) is 3.28. The molecule has 1 unspecified atom stereocenters. The first kappa shape index (κ1) is 16.9. The number of hydrogen-bond acceptors (Lipinski definition) is 3. The maximum Gasteiger partial charge on any atom is 0.0909 e. The summed E-state index contributed by atoms with van der Waals surface area (Å²) in [5.74, 6) is 0.419. The predicted molar refractivity (Wildman–Crippen MR) is 71.0 cm³/mol. The van der Waals surface area contributed by atoms with Gasteiger partial charge in [0, 0.05) is 0 Å². The lowest BCUT2D eigenvalue weighted by molar-refractivity contribution is -0.169. The second-order valence-electron chi connectivity index (χ2n) is 6.79. The zero-order chi connectivity index (χ0) is 13.9. The van der Waals surface area contributed by atoms with E-state index in [-0.39, 0.29) is 0 Å². The van der Waals surface area contributed by atoms with Crippen LogP contribution in [0.15, 0.2) is 0 Å². The molecule has 0 aliphatic carbocycles. The summed E-state index contributed by atoms with van der Waals surface area (Å²) in [6, 6.07) is 0. The van der Waals surface area contributed by atoms with E-state index >= 15 is 0 Å². The van der Waals surface area contributed by atoms with Crippen LogP contribution in [-0.2, 0) is 4.74 Å². The van der Waals surface area contributed by atoms with Crippen molar-refractivity contribution in [2.45, 2.75) is 78.1 Å². The Morgan fingerprint density at radius 3 is 1.82 bits per heavy atom. The van der Waals surface area contributed by atoms with Crippen LogP contribution < -0.4 is 0 Å². The number of ether oxygens (including phenoxy) is 1. The molecule has 0 aromatic heterocycles. The average molecular weight is 246 g/mol. The minimum atomic E-state index is -0.860. The molecule has 0 spiro atoms. The highest BCUT2D eigenvalue weighted by Gasteiger charge is 2.40. The third-order valence-electron chi connectivity index (χ3n) is 3.28. The highest BCUT2D eigenvalue weighted by molar-refractivity contribution is 4.92. The second-order valence-corrected chi connectivity index (χ2v) is 6.79. The SMILES string of the molecule is CC(C)CC(C)(O)C(C)(C)OCCC(C)(C)O. The Morgan fingerprint density at radius 1 is 1.00 bits per heavy atom. The Kier molecular flexibility index (Phi) is 5.64. The predicted octanol–water partition coefficient (Wildman–Crippen LogP) is 2.74. The van der Waals surface area contributed by atoms with Gasteiger partial charge in [-0.1, -0.05) is 13.8 Å². The number of aliphatic hydroxyl groups is 2. The van der Waals surface area contributed by atoms with E-state index in [9.17, 15) is 10.2 Å². The Hall–Kier alpha value is -0.120. The summed E-state index contributed by atoms with van der Waals surface area (Å²) in [4.78, 5) is 0. The lowest BCUT2D eigenvalue weighted by Gasteiger charge is -2.41. The molecule has 3 nitrogen and oxygen atoms in total. The van der Waals surface area contributed by atoms with E-state index in [1.165, 1.54) is 0 Å². The number of rotatable bonds is 7. The summed E-state index contributed by atoms with van der Waals surface area (Å²) in [7, 11) is 0. The molecule has 0 aromatic rings. The van der Waals surface area contributed by atoms with Gasteiger partial charge in [-0.3, -0.25) is 0 Å². The van der Waals surface area contributed by atoms with Crippen LogP contribution in [0, 0.1) is 5.92 Å². The lowest BCUT2D eigenvalue weighted by atomic mass is 9.81. The van der Waals surface area contributed by atoms with Gasteiger partial charge >= 0.3 is 0 Å². The molecule has 17 heavy (non-hydrogen) atoms. The molecule has 0 amide bonds. The lowest BCUT2D eigenvalue weighted by Crippen LogP contribution is -2.50. The molecule has 1 atom stereocenters. The molecule has 0 heterocycles. The summed E-state index contributed by atoms with van der Waals surface area (Å²) < 4.78 is 5.76. The molecular weight excluding hydrogens is 216 g/mol. The van der Waals surface area contributed by atoms with E-state index in [0.29, 0.717) is 25.4 Å². The van der Waals surface area contributed by atoms with E-state index < -0.39 is 16.8 Å². The highest BCUT2D eigenvalue weighted by atomic mass is 16.5. The molecule has 0 saturated carbocycles. The zero-order valence-electron chi connectivity index (χ0n) is 12.5. The van der Waals surface area contributed by atoms with Crippen molar-refractivity contribution < 1.29 is 14.9 Å². The summed E-state index contributed by atoms with van der Waals surface area (Å²) >= 11 is 0. The van der Waals surface area contributed by atoms with Gasteiger partial charge in [-0.15, -0.1) is 0 Å². The average Bonchev–Trinajstić information content (AvgIpc) is 1.97. The maximum atomic E-state index is 10.5. The Balaban J connectivity index is 4.36. The molecule has 0 fully saturated rings. The summed E-state index contributed by atoms with van der Waals surface area (Å²) in [6.45, 7) is 13.8.